The fourth-order valence-electron chi connectivity index (χ4n) is 1.65. The lowest BCUT2D eigenvalue weighted by Crippen LogP contribution is -2.51. The number of β-lactam (4-membered cyclic amide) rings is 1. The molecule has 4 nitrogen and oxygen atoms in total. The molecule has 1 fully saturated rings. The fourth-order valence-corrected chi connectivity index (χ4v) is 3.02. The highest BCUT2D eigenvalue weighted by atomic mass is 28.4. The van der Waals surface area contributed by atoms with Gasteiger partial charge in [-0.3, -0.25) is 9.59 Å². The third kappa shape index (κ3) is 3.65. The molecule has 2 atom stereocenters. The van der Waals surface area contributed by atoms with Crippen LogP contribution >= 0.6 is 0 Å². The van der Waals surface area contributed by atoms with Crippen molar-refractivity contribution in [3.05, 3.63) is 0 Å². The summed E-state index contributed by atoms with van der Waals surface area (Å²) in [5.41, 5.74) is 0. The number of carbonyl (C=O) groups excluding carboxylic acids is 2. The Hall–Kier alpha value is -0.683. The molecule has 0 aliphatic carbocycles. The van der Waals surface area contributed by atoms with E-state index in [1.54, 1.807) is 0 Å². The van der Waals surface area contributed by atoms with Gasteiger partial charge in [-0.2, -0.15) is 0 Å². The van der Waals surface area contributed by atoms with E-state index < -0.39 is 8.32 Å². The molecule has 0 bridgehead atoms. The van der Waals surface area contributed by atoms with Crippen molar-refractivity contribution in [3.63, 3.8) is 0 Å². The maximum absolute atomic E-state index is 12.0. The summed E-state index contributed by atoms with van der Waals surface area (Å²) >= 11 is 0. The van der Waals surface area contributed by atoms with E-state index in [-0.39, 0.29) is 28.9 Å². The van der Waals surface area contributed by atoms with Gasteiger partial charge in [-0.05, 0) is 25.1 Å². The number of amides is 1. The first-order valence-corrected chi connectivity index (χ1v) is 9.43. The molecular weight excluding hydrogens is 246 g/mol. The summed E-state index contributed by atoms with van der Waals surface area (Å²) in [7, 11) is -1.90. The van der Waals surface area contributed by atoms with Crippen molar-refractivity contribution in [2.75, 3.05) is 0 Å². The normalized spacial score (nSPS) is 22.1. The molecular formula is C13H25NO3Si. The highest BCUT2D eigenvalue weighted by Gasteiger charge is 2.40. The first kappa shape index (κ1) is 15.4. The Bertz CT molecular complexity index is 339. The largest absolute Gasteiger partial charge is 0.407 e. The molecule has 1 aliphatic rings. The van der Waals surface area contributed by atoms with Gasteiger partial charge in [0, 0.05) is 18.9 Å². The molecule has 1 rings (SSSR count). The second-order valence-electron chi connectivity index (χ2n) is 6.66. The van der Waals surface area contributed by atoms with Crippen LogP contribution in [0, 0.1) is 0 Å². The number of nitrogens with one attached hydrogen (secondary N) is 1. The standard InChI is InChI=1S/C13H25NO3Si/c1-9(17-18(5,6)13(2,3)4)11(15)7-10-8-12(16)14-10/h9-10H,7-8H2,1-6H3,(H,14,16)/t9-,10+/m0/s1. The van der Waals surface area contributed by atoms with Crippen LogP contribution < -0.4 is 5.32 Å². The lowest BCUT2D eigenvalue weighted by molar-refractivity contribution is -0.131. The van der Waals surface area contributed by atoms with Crippen LogP contribution in [0.2, 0.25) is 18.1 Å². The van der Waals surface area contributed by atoms with Crippen LogP contribution in [0.5, 0.6) is 0 Å². The Morgan fingerprint density at radius 1 is 1.50 bits per heavy atom. The van der Waals surface area contributed by atoms with E-state index in [9.17, 15) is 9.59 Å². The Labute approximate surface area is 111 Å². The van der Waals surface area contributed by atoms with E-state index in [0.717, 1.165) is 0 Å². The van der Waals surface area contributed by atoms with Gasteiger partial charge >= 0.3 is 0 Å². The number of carbonyl (C=O) groups is 2. The zero-order valence-electron chi connectivity index (χ0n) is 12.3. The van der Waals surface area contributed by atoms with Gasteiger partial charge in [-0.15, -0.1) is 0 Å². The van der Waals surface area contributed by atoms with E-state index in [4.69, 9.17) is 4.43 Å². The monoisotopic (exact) mass is 271 g/mol. The number of ketones is 1. The van der Waals surface area contributed by atoms with Crippen LogP contribution in [0.15, 0.2) is 0 Å². The summed E-state index contributed by atoms with van der Waals surface area (Å²) in [5.74, 6) is 0.121. The maximum Gasteiger partial charge on any atom is 0.222 e. The Morgan fingerprint density at radius 3 is 2.39 bits per heavy atom. The van der Waals surface area contributed by atoms with Crippen LogP contribution in [-0.4, -0.2) is 32.2 Å². The molecule has 0 unspecified atom stereocenters. The minimum absolute atomic E-state index is 0.0236. The van der Waals surface area contributed by atoms with Crippen LogP contribution in [-0.2, 0) is 14.0 Å². The fraction of sp³-hybridized carbons (Fsp3) is 0.846. The van der Waals surface area contributed by atoms with Crippen molar-refractivity contribution >= 4 is 20.0 Å². The van der Waals surface area contributed by atoms with Gasteiger partial charge in [-0.25, -0.2) is 0 Å². The summed E-state index contributed by atoms with van der Waals surface area (Å²) in [5, 5.41) is 2.82. The minimum Gasteiger partial charge on any atom is -0.407 e. The molecule has 5 heteroatoms. The van der Waals surface area contributed by atoms with Crippen molar-refractivity contribution in [2.24, 2.45) is 0 Å². The molecule has 1 amide bonds. The summed E-state index contributed by atoms with van der Waals surface area (Å²) in [6.07, 6.45) is 0.489. The average molecular weight is 271 g/mol. The second-order valence-corrected chi connectivity index (χ2v) is 11.4. The number of rotatable bonds is 5. The van der Waals surface area contributed by atoms with E-state index >= 15 is 0 Å². The van der Waals surface area contributed by atoms with E-state index in [1.807, 2.05) is 6.92 Å². The summed E-state index contributed by atoms with van der Waals surface area (Å²) in [4.78, 5) is 22.8. The van der Waals surface area contributed by atoms with Crippen molar-refractivity contribution in [3.8, 4) is 0 Å². The molecule has 1 saturated heterocycles. The first-order chi connectivity index (χ1) is 8.03. The molecule has 18 heavy (non-hydrogen) atoms. The molecule has 0 aromatic heterocycles. The van der Waals surface area contributed by atoms with Crippen LogP contribution in [0.4, 0.5) is 0 Å². The zero-order valence-corrected chi connectivity index (χ0v) is 13.3. The van der Waals surface area contributed by atoms with Gasteiger partial charge in [0.1, 0.15) is 6.10 Å². The minimum atomic E-state index is -1.90. The number of hydrogen-bond acceptors (Lipinski definition) is 3. The smallest absolute Gasteiger partial charge is 0.222 e. The number of Topliss-reactive ketones (excluding diaryl/α,β-unsaturated/α-hetero) is 1. The van der Waals surface area contributed by atoms with Crippen molar-refractivity contribution in [1.82, 2.24) is 5.32 Å². The summed E-state index contributed by atoms with van der Waals surface area (Å²) in [6, 6.07) is 0.0236. The molecule has 1 heterocycles. The molecule has 0 spiro atoms. The van der Waals surface area contributed by atoms with E-state index in [2.05, 4.69) is 39.2 Å². The SMILES string of the molecule is C[C@H](O[Si](C)(C)C(C)(C)C)C(=O)C[C@@H]1CC(=O)N1. The highest BCUT2D eigenvalue weighted by Crippen LogP contribution is 2.37. The lowest BCUT2D eigenvalue weighted by atomic mass is 9.98. The van der Waals surface area contributed by atoms with Gasteiger partial charge in [0.25, 0.3) is 0 Å². The Morgan fingerprint density at radius 2 is 2.00 bits per heavy atom. The number of hydrogen-bond donors (Lipinski definition) is 1. The molecule has 1 N–H and O–H groups in total. The van der Waals surface area contributed by atoms with Crippen LogP contribution in [0.3, 0.4) is 0 Å². The Balaban J connectivity index is 2.47. The molecule has 0 aromatic carbocycles. The Kier molecular flexibility index (Phi) is 4.38. The van der Waals surface area contributed by atoms with Gasteiger partial charge in [0.05, 0.1) is 0 Å². The summed E-state index contributed by atoms with van der Waals surface area (Å²) in [6.45, 7) is 12.6. The predicted molar refractivity (Wildman–Crippen MR) is 73.9 cm³/mol. The lowest BCUT2D eigenvalue weighted by Gasteiger charge is -2.38. The van der Waals surface area contributed by atoms with Gasteiger partial charge in [0.15, 0.2) is 14.1 Å². The van der Waals surface area contributed by atoms with Crippen molar-refractivity contribution in [1.29, 1.82) is 0 Å². The van der Waals surface area contributed by atoms with Gasteiger partial charge < -0.3 is 9.74 Å². The van der Waals surface area contributed by atoms with E-state index in [0.29, 0.717) is 12.8 Å². The summed E-state index contributed by atoms with van der Waals surface area (Å²) < 4.78 is 6.04. The van der Waals surface area contributed by atoms with Crippen LogP contribution in [0.25, 0.3) is 0 Å². The third-order valence-electron chi connectivity index (χ3n) is 3.98. The highest BCUT2D eigenvalue weighted by molar-refractivity contribution is 6.74. The quantitative estimate of drug-likeness (QED) is 0.616. The second kappa shape index (κ2) is 5.13. The topological polar surface area (TPSA) is 55.4 Å². The molecule has 0 radical (unpaired) electrons. The zero-order chi connectivity index (χ0) is 14.1. The first-order valence-electron chi connectivity index (χ1n) is 6.53. The van der Waals surface area contributed by atoms with Crippen molar-refractivity contribution < 1.29 is 14.0 Å². The maximum atomic E-state index is 12.0. The molecule has 0 saturated carbocycles. The third-order valence-corrected chi connectivity index (χ3v) is 8.53. The van der Waals surface area contributed by atoms with Crippen molar-refractivity contribution in [2.45, 2.75) is 70.8 Å². The molecule has 0 aromatic rings. The molecule has 1 aliphatic heterocycles. The van der Waals surface area contributed by atoms with Gasteiger partial charge in [0.2, 0.25) is 5.91 Å². The van der Waals surface area contributed by atoms with Gasteiger partial charge in [-0.1, -0.05) is 20.8 Å². The van der Waals surface area contributed by atoms with E-state index in [1.165, 1.54) is 0 Å². The molecule has 104 valence electrons. The average Bonchev–Trinajstić information content (AvgIpc) is 2.12. The van der Waals surface area contributed by atoms with Crippen LogP contribution in [0.1, 0.15) is 40.5 Å². The predicted octanol–water partition coefficient (Wildman–Crippen LogP) is 2.24.